The first kappa shape index (κ1) is 21.6. The van der Waals surface area contributed by atoms with Gasteiger partial charge in [-0.2, -0.15) is 0 Å². The minimum absolute atomic E-state index is 0.00484. The number of sulfonamides is 1. The number of amides is 2. The van der Waals surface area contributed by atoms with Gasteiger partial charge in [0.05, 0.1) is 17.1 Å². The molecule has 150 valence electrons. The van der Waals surface area contributed by atoms with Gasteiger partial charge < -0.3 is 9.84 Å². The van der Waals surface area contributed by atoms with Crippen LogP contribution in [0, 0.1) is 0 Å². The van der Waals surface area contributed by atoms with Gasteiger partial charge in [-0.25, -0.2) is 13.1 Å². The fraction of sp³-hybridized carbons (Fsp3) is 0.176. The lowest BCUT2D eigenvalue weighted by molar-refractivity contribution is 0.0845. The first-order valence-electron chi connectivity index (χ1n) is 7.92. The highest BCUT2D eigenvalue weighted by Crippen LogP contribution is 2.21. The lowest BCUT2D eigenvalue weighted by Crippen LogP contribution is -2.41. The Bertz CT molecular complexity index is 981. The van der Waals surface area contributed by atoms with Crippen molar-refractivity contribution in [1.29, 1.82) is 0 Å². The van der Waals surface area contributed by atoms with Crippen molar-refractivity contribution in [1.82, 2.24) is 15.6 Å². The molecule has 0 saturated carbocycles. The Morgan fingerprint density at radius 1 is 1.11 bits per heavy atom. The van der Waals surface area contributed by atoms with Crippen LogP contribution in [0.5, 0.6) is 5.75 Å². The quantitative estimate of drug-likeness (QED) is 0.385. The molecular formula is C17H18ClN3O6S. The number of hydrogen-bond acceptors (Lipinski definition) is 6. The number of benzene rings is 2. The third-order valence-electron chi connectivity index (χ3n) is 3.50. The van der Waals surface area contributed by atoms with E-state index in [4.69, 9.17) is 16.3 Å². The number of ether oxygens (including phenoxy) is 1. The summed E-state index contributed by atoms with van der Waals surface area (Å²) < 4.78 is 31.5. The zero-order chi connectivity index (χ0) is 20.7. The maximum absolute atomic E-state index is 12.2. The van der Waals surface area contributed by atoms with Gasteiger partial charge in [0, 0.05) is 24.2 Å². The molecule has 2 rings (SSSR count). The van der Waals surface area contributed by atoms with Crippen LogP contribution in [0.4, 0.5) is 0 Å². The molecule has 0 saturated heterocycles. The maximum atomic E-state index is 12.2. The highest BCUT2D eigenvalue weighted by molar-refractivity contribution is 7.89. The summed E-state index contributed by atoms with van der Waals surface area (Å²) in [5, 5.41) is 9.92. The molecule has 11 heteroatoms. The number of halogens is 1. The summed E-state index contributed by atoms with van der Waals surface area (Å²) >= 11 is 5.78. The van der Waals surface area contributed by atoms with E-state index >= 15 is 0 Å². The second-order valence-electron chi connectivity index (χ2n) is 5.49. The van der Waals surface area contributed by atoms with Crippen LogP contribution in [0.1, 0.15) is 20.7 Å². The lowest BCUT2D eigenvalue weighted by atomic mass is 10.2. The molecule has 2 amide bonds. The molecule has 0 aliphatic heterocycles. The van der Waals surface area contributed by atoms with Gasteiger partial charge in [-0.05, 0) is 36.4 Å². The van der Waals surface area contributed by atoms with Crippen LogP contribution < -0.4 is 15.6 Å². The summed E-state index contributed by atoms with van der Waals surface area (Å²) in [5.41, 5.74) is 4.15. The van der Waals surface area contributed by atoms with Gasteiger partial charge in [0.15, 0.2) is 0 Å². The van der Waals surface area contributed by atoms with Crippen LogP contribution in [0.3, 0.4) is 0 Å². The molecule has 0 fully saturated rings. The average molecular weight is 428 g/mol. The monoisotopic (exact) mass is 427 g/mol. The predicted molar refractivity (Wildman–Crippen MR) is 102 cm³/mol. The number of hydrogen-bond donors (Lipinski definition) is 4. The smallest absolute Gasteiger partial charge is 0.273 e. The molecule has 0 atom stereocenters. The van der Waals surface area contributed by atoms with Crippen molar-refractivity contribution in [2.24, 2.45) is 0 Å². The third-order valence-corrected chi connectivity index (χ3v) is 5.19. The van der Waals surface area contributed by atoms with Gasteiger partial charge in [0.25, 0.3) is 11.8 Å². The van der Waals surface area contributed by atoms with Crippen LogP contribution >= 0.6 is 11.6 Å². The largest absolute Gasteiger partial charge is 0.507 e. The number of nitrogens with one attached hydrogen (secondary N) is 3. The lowest BCUT2D eigenvalue weighted by Gasteiger charge is -2.10. The summed E-state index contributed by atoms with van der Waals surface area (Å²) in [6, 6.07) is 9.14. The Balaban J connectivity index is 2.07. The summed E-state index contributed by atoms with van der Waals surface area (Å²) in [4.78, 5) is 24.2. The zero-order valence-corrected chi connectivity index (χ0v) is 16.3. The highest BCUT2D eigenvalue weighted by atomic mass is 35.5. The maximum Gasteiger partial charge on any atom is 0.273 e. The molecule has 0 radical (unpaired) electrons. The molecule has 0 spiro atoms. The molecule has 28 heavy (non-hydrogen) atoms. The van der Waals surface area contributed by atoms with E-state index in [1.807, 2.05) is 0 Å². The Kier molecular flexibility index (Phi) is 7.35. The minimum atomic E-state index is -3.82. The molecule has 0 unspecified atom stereocenters. The molecule has 9 nitrogen and oxygen atoms in total. The van der Waals surface area contributed by atoms with Crippen LogP contribution in [0.25, 0.3) is 0 Å². The molecule has 0 heterocycles. The Labute approximate surface area is 166 Å². The Morgan fingerprint density at radius 3 is 2.54 bits per heavy atom. The number of carbonyl (C=O) groups is 2. The molecule has 0 aliphatic carbocycles. The molecular weight excluding hydrogens is 410 g/mol. The summed E-state index contributed by atoms with van der Waals surface area (Å²) in [5.74, 6) is -1.85. The van der Waals surface area contributed by atoms with Gasteiger partial charge in [0.2, 0.25) is 10.0 Å². The van der Waals surface area contributed by atoms with Crippen molar-refractivity contribution in [3.8, 4) is 5.75 Å². The van der Waals surface area contributed by atoms with Crippen LogP contribution in [-0.4, -0.2) is 45.6 Å². The standard InChI is InChI=1S/C17H18ClN3O6S/c1-27-8-7-19-28(25,26)13-4-2-3-11(9-13)16(23)20-21-17(24)14-10-12(18)5-6-15(14)22/h2-6,9-10,19,22H,7-8H2,1H3,(H,20,23)(H,21,24). The molecule has 4 N–H and O–H groups in total. The predicted octanol–water partition coefficient (Wildman–Crippen LogP) is 1.05. The summed E-state index contributed by atoms with van der Waals surface area (Å²) in [7, 11) is -2.38. The fourth-order valence-corrected chi connectivity index (χ4v) is 3.34. The van der Waals surface area contributed by atoms with E-state index in [1.165, 1.54) is 43.5 Å². The SMILES string of the molecule is COCCNS(=O)(=O)c1cccc(C(=O)NNC(=O)c2cc(Cl)ccc2O)c1. The van der Waals surface area contributed by atoms with E-state index < -0.39 is 21.8 Å². The first-order chi connectivity index (χ1) is 13.2. The zero-order valence-electron chi connectivity index (χ0n) is 14.7. The number of rotatable bonds is 7. The van der Waals surface area contributed by atoms with Crippen LogP contribution in [0.2, 0.25) is 5.02 Å². The molecule has 0 aromatic heterocycles. The van der Waals surface area contributed by atoms with Gasteiger partial charge in [0.1, 0.15) is 5.75 Å². The van der Waals surface area contributed by atoms with Crippen LogP contribution in [-0.2, 0) is 14.8 Å². The number of carbonyl (C=O) groups excluding carboxylic acids is 2. The van der Waals surface area contributed by atoms with Gasteiger partial charge >= 0.3 is 0 Å². The van der Waals surface area contributed by atoms with Gasteiger partial charge in [-0.1, -0.05) is 17.7 Å². The van der Waals surface area contributed by atoms with Crippen molar-refractivity contribution in [3.05, 3.63) is 58.6 Å². The first-order valence-corrected chi connectivity index (χ1v) is 9.78. The van der Waals surface area contributed by atoms with Crippen LogP contribution in [0.15, 0.2) is 47.4 Å². The van der Waals surface area contributed by atoms with Crippen molar-refractivity contribution in [2.75, 3.05) is 20.3 Å². The van der Waals surface area contributed by atoms with Crippen molar-refractivity contribution < 1.29 is 27.9 Å². The van der Waals surface area contributed by atoms with E-state index in [2.05, 4.69) is 15.6 Å². The van der Waals surface area contributed by atoms with Gasteiger partial charge in [-0.15, -0.1) is 0 Å². The Hall–Kier alpha value is -2.66. The normalized spacial score (nSPS) is 11.1. The van der Waals surface area contributed by atoms with E-state index in [9.17, 15) is 23.1 Å². The highest BCUT2D eigenvalue weighted by Gasteiger charge is 2.17. The number of hydrazine groups is 1. The molecule has 2 aromatic rings. The van der Waals surface area contributed by atoms with Crippen molar-refractivity contribution >= 4 is 33.4 Å². The van der Waals surface area contributed by atoms with E-state index in [1.54, 1.807) is 0 Å². The summed E-state index contributed by atoms with van der Waals surface area (Å²) in [6.07, 6.45) is 0. The fourth-order valence-electron chi connectivity index (χ4n) is 2.11. The van der Waals surface area contributed by atoms with Crippen molar-refractivity contribution in [3.63, 3.8) is 0 Å². The Morgan fingerprint density at radius 2 is 1.82 bits per heavy atom. The van der Waals surface area contributed by atoms with E-state index in [-0.39, 0.29) is 39.9 Å². The van der Waals surface area contributed by atoms with Crippen molar-refractivity contribution in [2.45, 2.75) is 4.90 Å². The van der Waals surface area contributed by atoms with E-state index in [0.717, 1.165) is 6.07 Å². The average Bonchev–Trinajstić information content (AvgIpc) is 2.68. The molecule has 0 aliphatic rings. The minimum Gasteiger partial charge on any atom is -0.507 e. The topological polar surface area (TPSA) is 134 Å². The number of phenols is 1. The second kappa shape index (κ2) is 9.51. The molecule has 0 bridgehead atoms. The molecule has 2 aromatic carbocycles. The number of phenolic OH excluding ortho intramolecular Hbond substituents is 1. The van der Waals surface area contributed by atoms with E-state index in [0.29, 0.717) is 0 Å². The van der Waals surface area contributed by atoms with Gasteiger partial charge in [-0.3, -0.25) is 20.4 Å². The number of methoxy groups -OCH3 is 1. The second-order valence-corrected chi connectivity index (χ2v) is 7.69. The third kappa shape index (κ3) is 5.67. The number of aromatic hydroxyl groups is 1. The summed E-state index contributed by atoms with van der Waals surface area (Å²) in [6.45, 7) is 0.274.